The number of nitrogen functional groups attached to an aromatic ring is 2. The first-order valence-corrected chi connectivity index (χ1v) is 21.5. The lowest BCUT2D eigenvalue weighted by molar-refractivity contribution is 0.103. The van der Waals surface area contributed by atoms with Crippen LogP contribution in [0.3, 0.4) is 0 Å². The number of fused-ring (bicyclic) bond motifs is 10. The Hall–Kier alpha value is -11.6. The van der Waals surface area contributed by atoms with Crippen LogP contribution >= 0.6 is 0 Å². The Bertz CT molecular complexity index is 4520. The lowest BCUT2D eigenvalue weighted by Crippen LogP contribution is -2.24. The maximum absolute atomic E-state index is 12.2. The van der Waals surface area contributed by atoms with Crippen LogP contribution in [0.15, 0.2) is 103 Å². The van der Waals surface area contributed by atoms with E-state index in [0.29, 0.717) is 88.9 Å². The Morgan fingerprint density at radius 1 is 0.474 bits per heavy atom. The van der Waals surface area contributed by atoms with E-state index in [4.69, 9.17) is 63.6 Å². The Labute approximate surface area is 419 Å². The molecule has 0 spiro atoms. The zero-order valence-corrected chi connectivity index (χ0v) is 39.6. The third-order valence-corrected chi connectivity index (χ3v) is 11.6. The predicted molar refractivity (Wildman–Crippen MR) is 258 cm³/mol. The highest BCUT2D eigenvalue weighted by atomic mass is 16.5. The monoisotopic (exact) mass is 1030 g/mol. The fraction of sp³-hybridized carbons (Fsp3) is 0.0909. The molecule has 0 saturated carbocycles. The molecule has 6 aliphatic rings. The summed E-state index contributed by atoms with van der Waals surface area (Å²) in [6.45, 7) is 0. The minimum absolute atomic E-state index is 0.0183. The molecule has 0 fully saturated rings. The van der Waals surface area contributed by atoms with Crippen LogP contribution in [0.5, 0.6) is 23.0 Å². The molecule has 4 aromatic carbocycles. The van der Waals surface area contributed by atoms with Crippen molar-refractivity contribution in [2.24, 2.45) is 20.7 Å². The number of ketones is 2. The molecule has 4 heterocycles. The highest BCUT2D eigenvalue weighted by Crippen LogP contribution is 2.36. The Morgan fingerprint density at radius 2 is 0.882 bits per heavy atom. The van der Waals surface area contributed by atoms with E-state index in [9.17, 15) is 19.2 Å². The average molecular weight is 1030 g/mol. The molecule has 0 bridgehead atoms. The summed E-state index contributed by atoms with van der Waals surface area (Å²) in [6, 6.07) is 20.2. The van der Waals surface area contributed by atoms with Crippen molar-refractivity contribution in [2.75, 3.05) is 40.1 Å². The second-order valence-electron chi connectivity index (χ2n) is 15.7. The molecule has 2 aromatic heterocycles. The smallest absolute Gasteiger partial charge is 0.283 e. The summed E-state index contributed by atoms with van der Waals surface area (Å²) >= 11 is 0. The zero-order chi connectivity index (χ0) is 54.3. The van der Waals surface area contributed by atoms with E-state index in [1.807, 2.05) is 0 Å². The summed E-state index contributed by atoms with van der Waals surface area (Å²) < 4.78 is 20.4. The van der Waals surface area contributed by atoms with Crippen molar-refractivity contribution in [1.29, 1.82) is 32.9 Å². The van der Waals surface area contributed by atoms with Gasteiger partial charge in [0.25, 0.3) is 23.1 Å². The van der Waals surface area contributed by atoms with Gasteiger partial charge in [-0.1, -0.05) is 9.58 Å². The number of carbonyl (C=O) groups is 2. The van der Waals surface area contributed by atoms with Crippen molar-refractivity contribution in [3.63, 3.8) is 0 Å². The van der Waals surface area contributed by atoms with E-state index >= 15 is 0 Å². The van der Waals surface area contributed by atoms with E-state index in [1.54, 1.807) is 79.9 Å². The third-order valence-electron chi connectivity index (χ3n) is 11.6. The largest absolute Gasteiger partial charge is 0.497 e. The number of benzene rings is 4. The average Bonchev–Trinajstić information content (AvgIpc) is 4.08. The quantitative estimate of drug-likeness (QED) is 0.0771. The summed E-state index contributed by atoms with van der Waals surface area (Å²) in [5.74, 6) is 12.9. The summed E-state index contributed by atoms with van der Waals surface area (Å²) in [7, 11) is 6.11. The van der Waals surface area contributed by atoms with Gasteiger partial charge in [0.1, 0.15) is 67.2 Å². The minimum Gasteiger partial charge on any atom is -0.497 e. The van der Waals surface area contributed by atoms with Gasteiger partial charge in [-0.15, -0.1) is 20.4 Å². The van der Waals surface area contributed by atoms with Gasteiger partial charge in [-0.3, -0.25) is 40.2 Å². The van der Waals surface area contributed by atoms with Gasteiger partial charge < -0.3 is 30.6 Å². The van der Waals surface area contributed by atoms with Crippen LogP contribution in [0.25, 0.3) is 44.1 Å². The molecule has 0 atom stereocenters. The molecule has 0 amide bonds. The molecule has 12 rings (SSSR count). The van der Waals surface area contributed by atoms with E-state index in [1.165, 1.54) is 21.3 Å². The first-order valence-electron chi connectivity index (χ1n) is 21.5. The molecule has 32 heteroatoms. The van der Waals surface area contributed by atoms with Crippen molar-refractivity contribution < 1.29 is 28.5 Å². The van der Waals surface area contributed by atoms with Crippen molar-refractivity contribution in [2.45, 2.75) is 0 Å². The van der Waals surface area contributed by atoms with Gasteiger partial charge in [-0.05, 0) is 83.2 Å². The summed E-state index contributed by atoms with van der Waals surface area (Å²) in [6.07, 6.45) is 0. The Balaban J connectivity index is 0.000000124. The second kappa shape index (κ2) is 19.5. The topological polar surface area (TPSA) is 478 Å². The normalized spacial score (nSPS) is 11.5. The number of ether oxygens (including phenoxy) is 4. The van der Waals surface area contributed by atoms with Gasteiger partial charge in [-0.2, -0.15) is 20.6 Å². The molecule has 2 aliphatic heterocycles. The number of methoxy groups -OCH3 is 4. The van der Waals surface area contributed by atoms with Crippen LogP contribution in [-0.2, 0) is 0 Å². The Morgan fingerprint density at radius 3 is 1.38 bits per heavy atom. The van der Waals surface area contributed by atoms with E-state index < -0.39 is 0 Å². The van der Waals surface area contributed by atoms with E-state index in [2.05, 4.69) is 61.0 Å². The number of hydrogen-bond donors (Lipinski definition) is 10. The SMILES string of the molecule is COc1ccc2c(=O)c3[nH]n(N)c(N=N)nc=3c2c1.COc1ccc2c(c1)-c1nn(N=N)c(=N)nc1C2=O.COc1ccc2c(c1)C(=O)c1nc(=N)n(N=N)nc1-2.COc1ccc2c3nc(N=N)n(N)[nH]c=3c(=O)c2c1. The molecular weight excluding hydrogens is 993 g/mol. The van der Waals surface area contributed by atoms with Crippen LogP contribution in [-0.4, -0.2) is 99.5 Å². The van der Waals surface area contributed by atoms with Crippen LogP contribution in [0.4, 0.5) is 11.9 Å². The molecule has 32 nitrogen and oxygen atoms in total. The zero-order valence-electron chi connectivity index (χ0n) is 39.6. The third kappa shape index (κ3) is 8.30. The highest BCUT2D eigenvalue weighted by Gasteiger charge is 2.32. The molecule has 6 aromatic rings. The van der Waals surface area contributed by atoms with Gasteiger partial charge in [0.2, 0.25) is 22.4 Å². The number of aromatic nitrogens is 12. The number of rotatable bonds is 8. The first kappa shape index (κ1) is 49.4. The fourth-order valence-corrected chi connectivity index (χ4v) is 8.04. The molecule has 0 saturated heterocycles. The maximum atomic E-state index is 12.2. The van der Waals surface area contributed by atoms with Crippen LogP contribution in [0, 0.1) is 54.3 Å². The minimum atomic E-state index is -0.359. The molecule has 380 valence electrons. The number of nitrogens with zero attached hydrogens (tertiary/aromatic N) is 14. The highest BCUT2D eigenvalue weighted by molar-refractivity contribution is 6.20. The standard InChI is InChI=1S/C11H10N6O2.C11H8N6O2.C11H10N6O2.C11H8N6O2/c1-19-5-2-3-6-7(4-5)8-9(10(6)18)16-17(13)11(14-8)15-12;1-19-5-2-3-6-7(4-5)8-9(10(6)18)14-11(12)17(15-8)16-13;1-19-5-2-3-6-7(4-5)10(18)9-8(6)14-11(15-12)17(13)16-9;1-19-5-2-3-6-7(4-5)10(18)9-8(6)15-17(16-13)11(12)14-9/h2-4,12,16H,13H2,1H3;2-4,12-13H,1H3;2-4,12,16H,13H2,1H3;2-4,12-13H,1H3. The van der Waals surface area contributed by atoms with Gasteiger partial charge in [0.15, 0.2) is 0 Å². The van der Waals surface area contributed by atoms with Gasteiger partial charge >= 0.3 is 0 Å². The molecule has 0 radical (unpaired) electrons. The van der Waals surface area contributed by atoms with E-state index in [-0.39, 0.29) is 67.6 Å². The first-order chi connectivity index (χ1) is 36.6. The number of aromatic amines is 2. The summed E-state index contributed by atoms with van der Waals surface area (Å²) in [5, 5.41) is 44.5. The van der Waals surface area contributed by atoms with Crippen molar-refractivity contribution in [3.05, 3.63) is 148 Å². The number of H-pyrrole nitrogens is 2. The van der Waals surface area contributed by atoms with Crippen molar-refractivity contribution in [1.82, 2.24) is 59.5 Å². The molecule has 0 unspecified atom stereocenters. The van der Waals surface area contributed by atoms with Crippen molar-refractivity contribution in [3.8, 4) is 45.5 Å². The van der Waals surface area contributed by atoms with Crippen molar-refractivity contribution >= 4 is 45.0 Å². The Kier molecular flexibility index (Phi) is 12.7. The second-order valence-corrected chi connectivity index (χ2v) is 15.7. The fourth-order valence-electron chi connectivity index (χ4n) is 8.04. The number of nitrogens with one attached hydrogen (secondary N) is 8. The van der Waals surface area contributed by atoms with Gasteiger partial charge in [0.05, 0.1) is 28.4 Å². The maximum Gasteiger partial charge on any atom is 0.283 e. The molecule has 4 aliphatic carbocycles. The number of carbonyl (C=O) groups excluding carboxylic acids is 2. The molecule has 76 heavy (non-hydrogen) atoms. The lowest BCUT2D eigenvalue weighted by Gasteiger charge is -2.03. The summed E-state index contributed by atoms with van der Waals surface area (Å²) in [5.41, 5.74) is 29.6. The van der Waals surface area contributed by atoms with E-state index in [0.717, 1.165) is 19.2 Å². The number of nitrogens with two attached hydrogens (primary N) is 2. The lowest BCUT2D eigenvalue weighted by atomic mass is 10.1. The van der Waals surface area contributed by atoms with Crippen LogP contribution in [0.1, 0.15) is 32.1 Å². The molecule has 12 N–H and O–H groups in total. The predicted octanol–water partition coefficient (Wildman–Crippen LogP) is 3.21. The molecular formula is C44H36N24O8. The van der Waals surface area contributed by atoms with Crippen LogP contribution < -0.4 is 52.7 Å². The summed E-state index contributed by atoms with van der Waals surface area (Å²) in [4.78, 5) is 68.0. The number of hydrogen-bond acceptors (Lipinski definition) is 26. The van der Waals surface area contributed by atoms with Gasteiger partial charge in [-0.25, -0.2) is 31.0 Å². The van der Waals surface area contributed by atoms with Crippen LogP contribution in [0.2, 0.25) is 0 Å². The van der Waals surface area contributed by atoms with Gasteiger partial charge in [0, 0.05) is 43.8 Å².